The molecule has 150 valence electrons. The maximum absolute atomic E-state index is 9.91. The normalized spacial score (nSPS) is 16.6. The Morgan fingerprint density at radius 1 is 0.840 bits per heavy atom. The SMILES string of the molecule is C=C[C@@](C)(O)OCCC[Si](O[Si](C)(C)C)(O[Si](C)(C)C)O[Si](C)(C)C. The van der Waals surface area contributed by atoms with Gasteiger partial charge in [0.25, 0.3) is 0 Å². The molecular weight excluding hydrogens is 385 g/mol. The van der Waals surface area contributed by atoms with Gasteiger partial charge < -0.3 is 22.2 Å². The van der Waals surface area contributed by atoms with Crippen molar-refractivity contribution in [3.63, 3.8) is 0 Å². The third-order valence-corrected chi connectivity index (χ3v) is 14.8. The average Bonchev–Trinajstić information content (AvgIpc) is 2.28. The molecular formula is C16H40O5Si4. The summed E-state index contributed by atoms with van der Waals surface area (Å²) in [6, 6.07) is 0.707. The van der Waals surface area contributed by atoms with Crippen molar-refractivity contribution in [3.05, 3.63) is 12.7 Å². The number of ether oxygens (including phenoxy) is 1. The van der Waals surface area contributed by atoms with Gasteiger partial charge in [0.2, 0.25) is 0 Å². The van der Waals surface area contributed by atoms with E-state index >= 15 is 0 Å². The van der Waals surface area contributed by atoms with Crippen molar-refractivity contribution in [2.45, 2.75) is 84.1 Å². The van der Waals surface area contributed by atoms with Crippen LogP contribution in [-0.4, -0.2) is 51.3 Å². The second kappa shape index (κ2) is 9.07. The average molecular weight is 425 g/mol. The van der Waals surface area contributed by atoms with Crippen LogP contribution in [0, 0.1) is 0 Å². The Labute approximate surface area is 159 Å². The molecule has 0 bridgehead atoms. The molecule has 0 spiro atoms. The summed E-state index contributed by atoms with van der Waals surface area (Å²) in [5.41, 5.74) is 0. The summed E-state index contributed by atoms with van der Waals surface area (Å²) < 4.78 is 25.3. The zero-order valence-electron chi connectivity index (χ0n) is 18.0. The predicted molar refractivity (Wildman–Crippen MR) is 115 cm³/mol. The van der Waals surface area contributed by atoms with Gasteiger partial charge >= 0.3 is 8.80 Å². The topological polar surface area (TPSA) is 57.2 Å². The Balaban J connectivity index is 5.33. The fourth-order valence-electron chi connectivity index (χ4n) is 2.24. The van der Waals surface area contributed by atoms with Gasteiger partial charge in [0.05, 0.1) is 6.61 Å². The van der Waals surface area contributed by atoms with Crippen molar-refractivity contribution in [1.29, 1.82) is 0 Å². The van der Waals surface area contributed by atoms with Gasteiger partial charge in [-0.25, -0.2) is 0 Å². The standard InChI is InChI=1S/C16H40O5Si4/c1-12-16(2,17)18-14-13-15-25(19-22(3,4)5,20-23(6,7)8)21-24(9,10)11/h12,17H,1,13-15H2,2-11H3/t16-/m0/s1. The van der Waals surface area contributed by atoms with Gasteiger partial charge in [-0.1, -0.05) is 6.58 Å². The highest BCUT2D eigenvalue weighted by molar-refractivity contribution is 6.90. The summed E-state index contributed by atoms with van der Waals surface area (Å²) in [5.74, 6) is -1.30. The molecule has 0 rings (SSSR count). The lowest BCUT2D eigenvalue weighted by molar-refractivity contribution is -0.152. The van der Waals surface area contributed by atoms with Crippen LogP contribution in [0.15, 0.2) is 12.7 Å². The summed E-state index contributed by atoms with van der Waals surface area (Å²) >= 11 is 0. The van der Waals surface area contributed by atoms with Crippen LogP contribution in [0.2, 0.25) is 65.0 Å². The van der Waals surface area contributed by atoms with Crippen LogP contribution >= 0.6 is 0 Å². The molecule has 0 saturated carbocycles. The van der Waals surface area contributed by atoms with Crippen LogP contribution in [-0.2, 0) is 17.1 Å². The van der Waals surface area contributed by atoms with E-state index in [4.69, 9.17) is 17.1 Å². The lowest BCUT2D eigenvalue weighted by Crippen LogP contribution is -2.60. The van der Waals surface area contributed by atoms with Gasteiger partial charge in [0, 0.05) is 6.04 Å². The van der Waals surface area contributed by atoms with Gasteiger partial charge in [-0.15, -0.1) is 0 Å². The monoisotopic (exact) mass is 424 g/mol. The van der Waals surface area contributed by atoms with E-state index in [1.165, 1.54) is 6.08 Å². The lowest BCUT2D eigenvalue weighted by atomic mass is 10.3. The van der Waals surface area contributed by atoms with Gasteiger partial charge in [-0.2, -0.15) is 0 Å². The van der Waals surface area contributed by atoms with Crippen molar-refractivity contribution in [1.82, 2.24) is 0 Å². The van der Waals surface area contributed by atoms with E-state index in [1.807, 2.05) is 0 Å². The Hall–Kier alpha value is 0.408. The maximum atomic E-state index is 9.91. The molecule has 0 aromatic rings. The third-order valence-electron chi connectivity index (χ3n) is 2.79. The molecule has 0 aliphatic carbocycles. The number of rotatable bonds is 12. The fraction of sp³-hybridized carbons (Fsp3) is 0.875. The van der Waals surface area contributed by atoms with E-state index in [9.17, 15) is 5.11 Å². The predicted octanol–water partition coefficient (Wildman–Crippen LogP) is 4.78. The second-order valence-corrected chi connectivity index (χ2v) is 26.5. The first kappa shape index (κ1) is 25.4. The van der Waals surface area contributed by atoms with E-state index in [0.29, 0.717) is 12.7 Å². The number of hydrogen-bond acceptors (Lipinski definition) is 5. The third kappa shape index (κ3) is 13.3. The van der Waals surface area contributed by atoms with E-state index < -0.39 is 39.5 Å². The quantitative estimate of drug-likeness (QED) is 0.211. The van der Waals surface area contributed by atoms with Gasteiger partial charge in [0.15, 0.2) is 30.7 Å². The van der Waals surface area contributed by atoms with Crippen molar-refractivity contribution in [2.75, 3.05) is 6.61 Å². The van der Waals surface area contributed by atoms with Crippen LogP contribution in [0.3, 0.4) is 0 Å². The van der Waals surface area contributed by atoms with Crippen LogP contribution < -0.4 is 0 Å². The second-order valence-electron chi connectivity index (χ2n) is 9.54. The molecule has 9 heteroatoms. The molecule has 0 aliphatic heterocycles. The molecule has 0 unspecified atom stereocenters. The van der Waals surface area contributed by atoms with Crippen molar-refractivity contribution >= 4 is 33.8 Å². The van der Waals surface area contributed by atoms with E-state index in [0.717, 1.165) is 6.42 Å². The van der Waals surface area contributed by atoms with E-state index in [-0.39, 0.29) is 0 Å². The summed E-state index contributed by atoms with van der Waals surface area (Å²) in [6.07, 6.45) is 2.11. The minimum Gasteiger partial charge on any atom is -0.417 e. The smallest absolute Gasteiger partial charge is 0.417 e. The molecule has 0 radical (unpaired) electrons. The molecule has 1 atom stereocenters. The Morgan fingerprint density at radius 3 is 1.48 bits per heavy atom. The van der Waals surface area contributed by atoms with Crippen molar-refractivity contribution in [2.24, 2.45) is 0 Å². The zero-order chi connectivity index (χ0) is 20.2. The zero-order valence-corrected chi connectivity index (χ0v) is 22.0. The highest BCUT2D eigenvalue weighted by atomic mass is 28.5. The molecule has 0 aromatic carbocycles. The minimum absolute atomic E-state index is 0.410. The van der Waals surface area contributed by atoms with Gasteiger partial charge in [-0.3, -0.25) is 0 Å². The highest BCUT2D eigenvalue weighted by Gasteiger charge is 2.49. The highest BCUT2D eigenvalue weighted by Crippen LogP contribution is 2.30. The first-order valence-electron chi connectivity index (χ1n) is 8.99. The van der Waals surface area contributed by atoms with Gasteiger partial charge in [-0.05, 0) is 78.3 Å². The van der Waals surface area contributed by atoms with Crippen LogP contribution in [0.5, 0.6) is 0 Å². The minimum atomic E-state index is -2.81. The molecule has 0 aromatic heterocycles. The molecule has 5 nitrogen and oxygen atoms in total. The summed E-state index contributed by atoms with van der Waals surface area (Å²) in [6.45, 7) is 25.2. The number of aliphatic hydroxyl groups is 1. The molecule has 0 aliphatic rings. The van der Waals surface area contributed by atoms with Crippen LogP contribution in [0.4, 0.5) is 0 Å². The Kier molecular flexibility index (Phi) is 9.21. The van der Waals surface area contributed by atoms with Crippen LogP contribution in [0.25, 0.3) is 0 Å². The largest absolute Gasteiger partial charge is 0.469 e. The first-order valence-corrected chi connectivity index (χ1v) is 21.1. The molecule has 0 fully saturated rings. The summed E-state index contributed by atoms with van der Waals surface area (Å²) in [7, 11) is -8.35. The first-order chi connectivity index (χ1) is 10.9. The molecule has 25 heavy (non-hydrogen) atoms. The Bertz CT molecular complexity index is 381. The van der Waals surface area contributed by atoms with E-state index in [2.05, 4.69) is 65.5 Å². The fourth-order valence-corrected chi connectivity index (χ4v) is 16.9. The molecule has 0 amide bonds. The van der Waals surface area contributed by atoms with Crippen LogP contribution in [0.1, 0.15) is 13.3 Å². The maximum Gasteiger partial charge on any atom is 0.469 e. The van der Waals surface area contributed by atoms with Crippen molar-refractivity contribution < 1.29 is 22.2 Å². The molecule has 0 heterocycles. The molecule has 1 N–H and O–H groups in total. The van der Waals surface area contributed by atoms with E-state index in [1.54, 1.807) is 6.92 Å². The van der Waals surface area contributed by atoms with Gasteiger partial charge in [0.1, 0.15) is 0 Å². The Morgan fingerprint density at radius 2 is 1.20 bits per heavy atom. The summed E-state index contributed by atoms with van der Waals surface area (Å²) in [4.78, 5) is 0. The van der Waals surface area contributed by atoms with Crippen molar-refractivity contribution in [3.8, 4) is 0 Å². The summed E-state index contributed by atoms with van der Waals surface area (Å²) in [5, 5.41) is 9.91. The molecule has 0 saturated heterocycles. The lowest BCUT2D eigenvalue weighted by Gasteiger charge is -2.43. The number of hydrogen-bond donors (Lipinski definition) is 1.